The van der Waals surface area contributed by atoms with E-state index in [9.17, 15) is 13.6 Å². The first kappa shape index (κ1) is 12.3. The molecule has 0 aromatic heterocycles. The quantitative estimate of drug-likeness (QED) is 0.774. The lowest BCUT2D eigenvalue weighted by molar-refractivity contribution is -0.135. The Kier molecular flexibility index (Phi) is 3.02. The molecule has 0 aromatic rings. The molecule has 18 heavy (non-hydrogen) atoms. The second-order valence-corrected chi connectivity index (χ2v) is 5.59. The predicted molar refractivity (Wildman–Crippen MR) is 62.5 cm³/mol. The van der Waals surface area contributed by atoms with Crippen LogP contribution in [0.4, 0.5) is 8.78 Å². The van der Waals surface area contributed by atoms with Gasteiger partial charge in [-0.3, -0.25) is 15.0 Å². The van der Waals surface area contributed by atoms with E-state index in [0.29, 0.717) is 13.1 Å². The molecule has 102 valence electrons. The molecule has 4 nitrogen and oxygen atoms in total. The highest BCUT2D eigenvalue weighted by molar-refractivity contribution is 5.82. The molecular weight excluding hydrogens is 240 g/mol. The van der Waals surface area contributed by atoms with Crippen molar-refractivity contribution in [1.29, 1.82) is 0 Å². The number of alkyl halides is 2. The summed E-state index contributed by atoms with van der Waals surface area (Å²) in [7, 11) is 0. The van der Waals surface area contributed by atoms with E-state index in [1.165, 1.54) is 12.8 Å². The van der Waals surface area contributed by atoms with Crippen molar-refractivity contribution in [3.8, 4) is 0 Å². The van der Waals surface area contributed by atoms with E-state index in [2.05, 4.69) is 10.2 Å². The van der Waals surface area contributed by atoms with Gasteiger partial charge in [0.05, 0.1) is 12.6 Å². The van der Waals surface area contributed by atoms with Crippen molar-refractivity contribution >= 4 is 5.91 Å². The molecular formula is C12H19F2N3O. The second kappa shape index (κ2) is 4.42. The Labute approximate surface area is 105 Å². The minimum Gasteiger partial charge on any atom is -0.339 e. The first-order valence-electron chi connectivity index (χ1n) is 6.69. The molecule has 3 rings (SSSR count). The van der Waals surface area contributed by atoms with Crippen LogP contribution in [0.25, 0.3) is 0 Å². The Bertz CT molecular complexity index is 338. The van der Waals surface area contributed by atoms with Crippen LogP contribution in [0.15, 0.2) is 0 Å². The van der Waals surface area contributed by atoms with E-state index in [0.717, 1.165) is 19.1 Å². The van der Waals surface area contributed by atoms with Crippen LogP contribution in [0.3, 0.4) is 0 Å². The molecule has 3 aliphatic rings. The van der Waals surface area contributed by atoms with Gasteiger partial charge in [0.1, 0.15) is 0 Å². The zero-order valence-corrected chi connectivity index (χ0v) is 10.4. The number of carbonyl (C=O) groups is 1. The molecule has 0 aromatic carbocycles. The average molecular weight is 259 g/mol. The normalized spacial score (nSPS) is 32.8. The van der Waals surface area contributed by atoms with Crippen LogP contribution in [0.2, 0.25) is 0 Å². The Morgan fingerprint density at radius 3 is 2.33 bits per heavy atom. The van der Waals surface area contributed by atoms with Gasteiger partial charge < -0.3 is 4.90 Å². The van der Waals surface area contributed by atoms with Crippen LogP contribution in [-0.2, 0) is 4.79 Å². The molecule has 2 heterocycles. The van der Waals surface area contributed by atoms with Crippen LogP contribution in [0.5, 0.6) is 0 Å². The Hall–Kier alpha value is -0.750. The highest BCUT2D eigenvalue weighted by Gasteiger charge is 2.44. The number of rotatable bonds is 2. The highest BCUT2D eigenvalue weighted by Crippen LogP contribution is 2.29. The molecule has 1 amide bonds. The van der Waals surface area contributed by atoms with Crippen molar-refractivity contribution < 1.29 is 13.6 Å². The largest absolute Gasteiger partial charge is 0.339 e. The van der Waals surface area contributed by atoms with Crippen molar-refractivity contribution in [3.63, 3.8) is 0 Å². The van der Waals surface area contributed by atoms with Gasteiger partial charge >= 0.3 is 0 Å². The molecule has 1 N–H and O–H groups in total. The SMILES string of the molecule is O=C(C1CC(F)(F)CN1)N1CCN(C2CC2)CC1. The van der Waals surface area contributed by atoms with E-state index in [4.69, 9.17) is 0 Å². The molecule has 1 aliphatic carbocycles. The number of hydrogen-bond acceptors (Lipinski definition) is 3. The number of halogens is 2. The molecule has 0 bridgehead atoms. The van der Waals surface area contributed by atoms with Crippen LogP contribution in [0.1, 0.15) is 19.3 Å². The summed E-state index contributed by atoms with van der Waals surface area (Å²) in [6.07, 6.45) is 2.18. The summed E-state index contributed by atoms with van der Waals surface area (Å²) in [5, 5.41) is 2.64. The third-order valence-electron chi connectivity index (χ3n) is 4.10. The maximum Gasteiger partial charge on any atom is 0.262 e. The zero-order valence-electron chi connectivity index (χ0n) is 10.4. The zero-order chi connectivity index (χ0) is 12.8. The lowest BCUT2D eigenvalue weighted by atomic mass is 10.1. The minimum atomic E-state index is -2.73. The summed E-state index contributed by atoms with van der Waals surface area (Å²) in [5.41, 5.74) is 0. The molecule has 1 unspecified atom stereocenters. The summed E-state index contributed by atoms with van der Waals surface area (Å²) >= 11 is 0. The molecule has 3 fully saturated rings. The molecule has 0 spiro atoms. The fraction of sp³-hybridized carbons (Fsp3) is 0.917. The van der Waals surface area contributed by atoms with Crippen molar-refractivity contribution in [2.75, 3.05) is 32.7 Å². The number of nitrogens with one attached hydrogen (secondary N) is 1. The van der Waals surface area contributed by atoms with Crippen molar-refractivity contribution in [2.24, 2.45) is 0 Å². The number of amides is 1. The van der Waals surface area contributed by atoms with Crippen LogP contribution in [0, 0.1) is 0 Å². The van der Waals surface area contributed by atoms with Crippen LogP contribution < -0.4 is 5.32 Å². The van der Waals surface area contributed by atoms with Crippen LogP contribution in [-0.4, -0.2) is 66.4 Å². The summed E-state index contributed by atoms with van der Waals surface area (Å²) in [5.74, 6) is -2.88. The van der Waals surface area contributed by atoms with Gasteiger partial charge in [0.2, 0.25) is 5.91 Å². The smallest absolute Gasteiger partial charge is 0.262 e. The van der Waals surface area contributed by atoms with E-state index >= 15 is 0 Å². The summed E-state index contributed by atoms with van der Waals surface area (Å²) in [6, 6.07) is 0.0312. The van der Waals surface area contributed by atoms with E-state index in [1.54, 1.807) is 4.90 Å². The number of hydrogen-bond donors (Lipinski definition) is 1. The van der Waals surface area contributed by atoms with Gasteiger partial charge in [-0.1, -0.05) is 0 Å². The maximum absolute atomic E-state index is 13.1. The minimum absolute atomic E-state index is 0.150. The van der Waals surface area contributed by atoms with Crippen LogP contribution >= 0.6 is 0 Å². The summed E-state index contributed by atoms with van der Waals surface area (Å²) < 4.78 is 26.1. The number of nitrogens with zero attached hydrogens (tertiary/aromatic N) is 2. The van der Waals surface area contributed by atoms with Crippen molar-refractivity contribution in [2.45, 2.75) is 37.3 Å². The summed E-state index contributed by atoms with van der Waals surface area (Å²) in [6.45, 7) is 2.77. The lowest BCUT2D eigenvalue weighted by Gasteiger charge is -2.36. The first-order chi connectivity index (χ1) is 8.55. The van der Waals surface area contributed by atoms with Gasteiger partial charge in [-0.15, -0.1) is 0 Å². The average Bonchev–Trinajstić information content (AvgIpc) is 3.13. The third kappa shape index (κ3) is 2.49. The molecule has 2 aliphatic heterocycles. The third-order valence-corrected chi connectivity index (χ3v) is 4.10. The first-order valence-corrected chi connectivity index (χ1v) is 6.69. The fourth-order valence-electron chi connectivity index (χ4n) is 2.86. The Morgan fingerprint density at radius 2 is 1.83 bits per heavy atom. The van der Waals surface area contributed by atoms with Gasteiger partial charge in [-0.2, -0.15) is 0 Å². The second-order valence-electron chi connectivity index (χ2n) is 5.59. The topological polar surface area (TPSA) is 35.6 Å². The standard InChI is InChI=1S/C12H19F2N3O/c13-12(14)7-10(15-8-12)11(18)17-5-3-16(4-6-17)9-1-2-9/h9-10,15H,1-8H2. The van der Waals surface area contributed by atoms with Gasteiger partial charge in [0, 0.05) is 38.6 Å². The van der Waals surface area contributed by atoms with Crippen molar-refractivity contribution in [1.82, 2.24) is 15.1 Å². The predicted octanol–water partition coefficient (Wildman–Crippen LogP) is 0.290. The number of piperazine rings is 1. The van der Waals surface area contributed by atoms with E-state index in [1.807, 2.05) is 0 Å². The molecule has 2 saturated heterocycles. The molecule has 1 saturated carbocycles. The van der Waals surface area contributed by atoms with E-state index in [-0.39, 0.29) is 18.9 Å². The van der Waals surface area contributed by atoms with Crippen molar-refractivity contribution in [3.05, 3.63) is 0 Å². The monoisotopic (exact) mass is 259 g/mol. The summed E-state index contributed by atoms with van der Waals surface area (Å²) in [4.78, 5) is 16.2. The van der Waals surface area contributed by atoms with Gasteiger partial charge in [-0.05, 0) is 12.8 Å². The maximum atomic E-state index is 13.1. The van der Waals surface area contributed by atoms with Gasteiger partial charge in [0.15, 0.2) is 0 Å². The molecule has 0 radical (unpaired) electrons. The van der Waals surface area contributed by atoms with E-state index < -0.39 is 12.0 Å². The highest BCUT2D eigenvalue weighted by atomic mass is 19.3. The Morgan fingerprint density at radius 1 is 1.17 bits per heavy atom. The molecule has 6 heteroatoms. The lowest BCUT2D eigenvalue weighted by Crippen LogP contribution is -2.53. The molecule has 1 atom stereocenters. The number of carbonyl (C=O) groups excluding carboxylic acids is 1. The fourth-order valence-corrected chi connectivity index (χ4v) is 2.86. The van der Waals surface area contributed by atoms with Gasteiger partial charge in [0.25, 0.3) is 5.92 Å². The van der Waals surface area contributed by atoms with Gasteiger partial charge in [-0.25, -0.2) is 8.78 Å². The Balaban J connectivity index is 1.51.